The predicted octanol–water partition coefficient (Wildman–Crippen LogP) is 3.88. The van der Waals surface area contributed by atoms with E-state index in [0.29, 0.717) is 19.3 Å². The molecule has 0 saturated carbocycles. The number of hydrogen-bond acceptors (Lipinski definition) is 4. The molecule has 170 valence electrons. The van der Waals surface area contributed by atoms with Gasteiger partial charge in [0, 0.05) is 26.1 Å². The first-order chi connectivity index (χ1) is 14.5. The van der Waals surface area contributed by atoms with Crippen molar-refractivity contribution in [2.75, 3.05) is 13.2 Å². The van der Waals surface area contributed by atoms with E-state index in [0.717, 1.165) is 23.3 Å². The molecule has 0 bridgehead atoms. The average Bonchev–Trinajstić information content (AvgIpc) is 2.70. The fraction of sp³-hybridized carbons (Fsp3) is 0.350. The van der Waals surface area contributed by atoms with Gasteiger partial charge in [0.25, 0.3) is 0 Å². The molecule has 0 spiro atoms. The number of carbonyl (C=O) groups excluding carboxylic acids is 1. The lowest BCUT2D eigenvalue weighted by Crippen LogP contribution is -2.30. The van der Waals surface area contributed by atoms with E-state index >= 15 is 0 Å². The quantitative estimate of drug-likeness (QED) is 0.543. The van der Waals surface area contributed by atoms with Gasteiger partial charge in [-0.05, 0) is 36.2 Å². The zero-order valence-electron chi connectivity index (χ0n) is 16.6. The van der Waals surface area contributed by atoms with Crippen LogP contribution in [0, 0.1) is 0 Å². The Morgan fingerprint density at radius 2 is 1.74 bits per heavy atom. The summed E-state index contributed by atoms with van der Waals surface area (Å²) in [7, 11) is -4.24. The summed E-state index contributed by atoms with van der Waals surface area (Å²) in [4.78, 5) is 11.4. The molecule has 0 atom stereocenters. The van der Waals surface area contributed by atoms with E-state index in [4.69, 9.17) is 16.3 Å². The van der Waals surface area contributed by atoms with Crippen LogP contribution in [-0.2, 0) is 38.9 Å². The number of carbonyl (C=O) groups is 1. The van der Waals surface area contributed by atoms with Gasteiger partial charge in [0.05, 0.1) is 22.1 Å². The number of benzene rings is 2. The van der Waals surface area contributed by atoms with Crippen molar-refractivity contribution in [3.8, 4) is 0 Å². The fourth-order valence-corrected chi connectivity index (χ4v) is 3.82. The van der Waals surface area contributed by atoms with Crippen molar-refractivity contribution in [3.63, 3.8) is 0 Å². The van der Waals surface area contributed by atoms with Crippen LogP contribution >= 0.6 is 11.6 Å². The van der Waals surface area contributed by atoms with Gasteiger partial charge < -0.3 is 10.1 Å². The minimum absolute atomic E-state index is 0.179. The third-order valence-electron chi connectivity index (χ3n) is 4.18. The molecule has 31 heavy (non-hydrogen) atoms. The maximum Gasteiger partial charge on any atom is 0.417 e. The van der Waals surface area contributed by atoms with Crippen molar-refractivity contribution in [3.05, 3.63) is 64.2 Å². The second-order valence-electron chi connectivity index (χ2n) is 6.52. The number of halogens is 4. The molecular formula is C20H22ClF3N2O4S. The highest BCUT2D eigenvalue weighted by Crippen LogP contribution is 2.35. The Kier molecular flexibility index (Phi) is 8.87. The van der Waals surface area contributed by atoms with Gasteiger partial charge in [-0.2, -0.15) is 13.2 Å². The first-order valence-electron chi connectivity index (χ1n) is 9.31. The highest BCUT2D eigenvalue weighted by atomic mass is 35.5. The van der Waals surface area contributed by atoms with Gasteiger partial charge in [-0.3, -0.25) is 4.79 Å². The molecule has 0 unspecified atom stereocenters. The molecule has 11 heteroatoms. The number of nitrogens with one attached hydrogen (secondary N) is 2. The molecule has 0 radical (unpaired) electrons. The van der Waals surface area contributed by atoms with Crippen LogP contribution in [0.1, 0.15) is 30.0 Å². The lowest BCUT2D eigenvalue weighted by Gasteiger charge is -2.12. The number of alkyl halides is 3. The van der Waals surface area contributed by atoms with Gasteiger partial charge in [0.2, 0.25) is 15.9 Å². The summed E-state index contributed by atoms with van der Waals surface area (Å²) in [5.41, 5.74) is 0.610. The van der Waals surface area contributed by atoms with Crippen LogP contribution in [-0.4, -0.2) is 27.5 Å². The number of sulfonamides is 1. The van der Waals surface area contributed by atoms with Crippen LogP contribution in [0.25, 0.3) is 0 Å². The Morgan fingerprint density at radius 1 is 1.10 bits per heavy atom. The van der Waals surface area contributed by atoms with E-state index < -0.39 is 37.6 Å². The molecule has 0 aliphatic rings. The molecular weight excluding hydrogens is 457 g/mol. The molecule has 2 N–H and O–H groups in total. The summed E-state index contributed by atoms with van der Waals surface area (Å²) in [6.45, 7) is 3.00. The molecule has 0 saturated heterocycles. The zero-order chi connectivity index (χ0) is 23.1. The molecule has 2 aromatic carbocycles. The van der Waals surface area contributed by atoms with Gasteiger partial charge in [0.1, 0.15) is 0 Å². The van der Waals surface area contributed by atoms with Crippen LogP contribution in [0.5, 0.6) is 0 Å². The van der Waals surface area contributed by atoms with Crippen LogP contribution < -0.4 is 10.0 Å². The summed E-state index contributed by atoms with van der Waals surface area (Å²) in [6.07, 6.45) is -4.97. The first-order valence-corrected chi connectivity index (χ1v) is 11.2. The standard InChI is InChI=1S/C20H22ClF3N2O4S/c1-2-30-13-15-5-3-14(4-6-15)12-25-19(27)9-10-26-31(28,29)16-7-8-18(21)17(11-16)20(22,23)24/h3-8,11,26H,2,9-10,12-13H2,1H3,(H,25,27). The second kappa shape index (κ2) is 10.9. The lowest BCUT2D eigenvalue weighted by atomic mass is 10.1. The minimum Gasteiger partial charge on any atom is -0.377 e. The normalized spacial score (nSPS) is 12.0. The Hall–Kier alpha value is -2.14. The number of hydrogen-bond donors (Lipinski definition) is 2. The highest BCUT2D eigenvalue weighted by Gasteiger charge is 2.34. The summed E-state index contributed by atoms with van der Waals surface area (Å²) < 4.78 is 70.6. The monoisotopic (exact) mass is 478 g/mol. The highest BCUT2D eigenvalue weighted by molar-refractivity contribution is 7.89. The van der Waals surface area contributed by atoms with E-state index in [9.17, 15) is 26.4 Å². The number of ether oxygens (including phenoxy) is 1. The van der Waals surface area contributed by atoms with E-state index in [1.807, 2.05) is 31.2 Å². The summed E-state index contributed by atoms with van der Waals surface area (Å²) in [6, 6.07) is 9.74. The van der Waals surface area contributed by atoms with Crippen molar-refractivity contribution in [2.45, 2.75) is 37.6 Å². The lowest BCUT2D eigenvalue weighted by molar-refractivity contribution is -0.137. The molecule has 0 aliphatic heterocycles. The SMILES string of the molecule is CCOCc1ccc(CNC(=O)CCNS(=O)(=O)c2ccc(Cl)c(C(F)(F)F)c2)cc1. The van der Waals surface area contributed by atoms with E-state index in [1.54, 1.807) is 0 Å². The Bertz CT molecular complexity index is 996. The van der Waals surface area contributed by atoms with Gasteiger partial charge in [0.15, 0.2) is 0 Å². The van der Waals surface area contributed by atoms with Crippen LogP contribution in [0.3, 0.4) is 0 Å². The Balaban J connectivity index is 1.85. The van der Waals surface area contributed by atoms with Crippen molar-refractivity contribution < 1.29 is 31.1 Å². The van der Waals surface area contributed by atoms with Gasteiger partial charge >= 0.3 is 6.18 Å². The molecule has 0 aliphatic carbocycles. The molecule has 0 aromatic heterocycles. The van der Waals surface area contributed by atoms with Crippen molar-refractivity contribution in [1.82, 2.24) is 10.0 Å². The summed E-state index contributed by atoms with van der Waals surface area (Å²) in [5, 5.41) is 2.05. The van der Waals surface area contributed by atoms with Gasteiger partial charge in [-0.1, -0.05) is 35.9 Å². The summed E-state index contributed by atoms with van der Waals surface area (Å²) >= 11 is 5.50. The topological polar surface area (TPSA) is 84.5 Å². The third kappa shape index (κ3) is 7.80. The average molecular weight is 479 g/mol. The smallest absolute Gasteiger partial charge is 0.377 e. The van der Waals surface area contributed by atoms with Crippen molar-refractivity contribution in [1.29, 1.82) is 0 Å². The molecule has 1 amide bonds. The van der Waals surface area contributed by atoms with Crippen LogP contribution in [0.4, 0.5) is 13.2 Å². The second-order valence-corrected chi connectivity index (χ2v) is 8.69. The largest absolute Gasteiger partial charge is 0.417 e. The van der Waals surface area contributed by atoms with E-state index in [1.165, 1.54) is 0 Å². The fourth-order valence-electron chi connectivity index (χ4n) is 2.53. The van der Waals surface area contributed by atoms with Crippen molar-refractivity contribution in [2.24, 2.45) is 0 Å². The molecule has 0 fully saturated rings. The third-order valence-corrected chi connectivity index (χ3v) is 5.97. The molecule has 0 heterocycles. The predicted molar refractivity (Wildman–Crippen MR) is 110 cm³/mol. The van der Waals surface area contributed by atoms with Gasteiger partial charge in [-0.15, -0.1) is 0 Å². The number of amides is 1. The van der Waals surface area contributed by atoms with E-state index in [2.05, 4.69) is 10.0 Å². The Labute approximate surface area is 183 Å². The number of rotatable bonds is 10. The van der Waals surface area contributed by atoms with Crippen LogP contribution in [0.15, 0.2) is 47.4 Å². The minimum atomic E-state index is -4.79. The van der Waals surface area contributed by atoms with E-state index in [-0.39, 0.29) is 19.5 Å². The Morgan fingerprint density at radius 3 is 2.35 bits per heavy atom. The zero-order valence-corrected chi connectivity index (χ0v) is 18.2. The maximum absolute atomic E-state index is 12.9. The maximum atomic E-state index is 12.9. The van der Waals surface area contributed by atoms with Gasteiger partial charge in [-0.25, -0.2) is 13.1 Å². The molecule has 2 rings (SSSR count). The van der Waals surface area contributed by atoms with Crippen molar-refractivity contribution >= 4 is 27.5 Å². The van der Waals surface area contributed by atoms with Crippen LogP contribution in [0.2, 0.25) is 5.02 Å². The summed E-state index contributed by atoms with van der Waals surface area (Å²) in [5.74, 6) is -0.409. The molecule has 6 nitrogen and oxygen atoms in total. The first kappa shape index (κ1) is 25.1. The molecule has 2 aromatic rings.